The van der Waals surface area contributed by atoms with Crippen molar-refractivity contribution in [3.05, 3.63) is 58.6 Å². The van der Waals surface area contributed by atoms with Crippen LogP contribution in [0.1, 0.15) is 30.1 Å². The molecule has 0 bridgehead atoms. The second kappa shape index (κ2) is 7.27. The van der Waals surface area contributed by atoms with Crippen LogP contribution < -0.4 is 10.6 Å². The molecule has 110 valence electrons. The average Bonchev–Trinajstić information content (AvgIpc) is 2.51. The highest BCUT2D eigenvalue weighted by Crippen LogP contribution is 2.24. The van der Waals surface area contributed by atoms with Crippen LogP contribution in [0, 0.1) is 0 Å². The first-order valence-corrected chi connectivity index (χ1v) is 7.84. The van der Waals surface area contributed by atoms with E-state index in [4.69, 9.17) is 5.73 Å². The standard InChI is InChI=1S/C17H19BrN2O/c1-2-3-11-20(14-7-5-4-6-8-14)17(21)15-12-13(19)9-10-16(15)18/h4-10,12H,2-3,11,19H2,1H3. The number of hydrogen-bond acceptors (Lipinski definition) is 2. The molecule has 0 aromatic heterocycles. The molecule has 0 aliphatic rings. The number of amides is 1. The van der Waals surface area contributed by atoms with E-state index in [-0.39, 0.29) is 5.91 Å². The number of nitrogen functional groups attached to an aromatic ring is 1. The van der Waals surface area contributed by atoms with E-state index in [9.17, 15) is 4.79 Å². The van der Waals surface area contributed by atoms with Gasteiger partial charge in [0, 0.05) is 22.4 Å². The van der Waals surface area contributed by atoms with Crippen molar-refractivity contribution in [3.63, 3.8) is 0 Å². The Kier molecular flexibility index (Phi) is 5.39. The topological polar surface area (TPSA) is 46.3 Å². The molecule has 2 rings (SSSR count). The summed E-state index contributed by atoms with van der Waals surface area (Å²) in [4.78, 5) is 14.7. The molecule has 4 heteroatoms. The van der Waals surface area contributed by atoms with E-state index >= 15 is 0 Å². The summed E-state index contributed by atoms with van der Waals surface area (Å²) in [5.74, 6) is -0.0335. The number of benzene rings is 2. The smallest absolute Gasteiger partial charge is 0.259 e. The molecule has 3 nitrogen and oxygen atoms in total. The summed E-state index contributed by atoms with van der Waals surface area (Å²) in [5, 5.41) is 0. The highest BCUT2D eigenvalue weighted by atomic mass is 79.9. The lowest BCUT2D eigenvalue weighted by molar-refractivity contribution is 0.0986. The lowest BCUT2D eigenvalue weighted by atomic mass is 10.1. The molecule has 1 amide bonds. The lowest BCUT2D eigenvalue weighted by Gasteiger charge is -2.23. The van der Waals surface area contributed by atoms with Crippen LogP contribution in [0.25, 0.3) is 0 Å². The van der Waals surface area contributed by atoms with Crippen molar-refractivity contribution >= 4 is 33.2 Å². The Bertz CT molecular complexity index is 613. The molecule has 0 saturated carbocycles. The Labute approximate surface area is 133 Å². The third-order valence-electron chi connectivity index (χ3n) is 3.27. The van der Waals surface area contributed by atoms with Crippen molar-refractivity contribution in [3.8, 4) is 0 Å². The van der Waals surface area contributed by atoms with Gasteiger partial charge in [0.05, 0.1) is 5.56 Å². The van der Waals surface area contributed by atoms with E-state index in [2.05, 4.69) is 22.9 Å². The zero-order valence-electron chi connectivity index (χ0n) is 12.1. The van der Waals surface area contributed by atoms with Crippen LogP contribution in [-0.4, -0.2) is 12.5 Å². The summed E-state index contributed by atoms with van der Waals surface area (Å²) < 4.78 is 0.763. The first kappa shape index (κ1) is 15.6. The van der Waals surface area contributed by atoms with Gasteiger partial charge in [-0.1, -0.05) is 31.5 Å². The Morgan fingerprint density at radius 3 is 2.57 bits per heavy atom. The van der Waals surface area contributed by atoms with Gasteiger partial charge in [0.2, 0.25) is 0 Å². The minimum Gasteiger partial charge on any atom is -0.399 e. The molecule has 2 aromatic rings. The quantitative estimate of drug-likeness (QED) is 0.811. The molecule has 2 N–H and O–H groups in total. The number of halogens is 1. The number of unbranched alkanes of at least 4 members (excludes halogenated alkanes) is 1. The SMILES string of the molecule is CCCCN(C(=O)c1cc(N)ccc1Br)c1ccccc1. The highest BCUT2D eigenvalue weighted by molar-refractivity contribution is 9.10. The molecule has 0 unspecified atom stereocenters. The van der Waals surface area contributed by atoms with Gasteiger partial charge in [-0.2, -0.15) is 0 Å². The van der Waals surface area contributed by atoms with Crippen molar-refractivity contribution in [1.82, 2.24) is 0 Å². The van der Waals surface area contributed by atoms with Gasteiger partial charge < -0.3 is 10.6 Å². The summed E-state index contributed by atoms with van der Waals surface area (Å²) in [5.41, 5.74) is 7.90. The van der Waals surface area contributed by atoms with E-state index in [0.717, 1.165) is 23.0 Å². The number of rotatable bonds is 5. The van der Waals surface area contributed by atoms with Crippen LogP contribution in [0.3, 0.4) is 0 Å². The predicted octanol–water partition coefficient (Wildman–Crippen LogP) is 4.48. The Morgan fingerprint density at radius 1 is 1.19 bits per heavy atom. The van der Waals surface area contributed by atoms with Crippen molar-refractivity contribution in [2.75, 3.05) is 17.2 Å². The minimum absolute atomic E-state index is 0.0335. The van der Waals surface area contributed by atoms with E-state index in [0.29, 0.717) is 17.8 Å². The maximum atomic E-state index is 12.9. The number of nitrogens with zero attached hydrogens (tertiary/aromatic N) is 1. The molecule has 2 aromatic carbocycles. The maximum Gasteiger partial charge on any atom is 0.259 e. The molecule has 0 heterocycles. The van der Waals surface area contributed by atoms with Crippen LogP contribution in [-0.2, 0) is 0 Å². The van der Waals surface area contributed by atoms with Crippen LogP contribution in [0.2, 0.25) is 0 Å². The fraction of sp³-hybridized carbons (Fsp3) is 0.235. The van der Waals surface area contributed by atoms with E-state index < -0.39 is 0 Å². The number of carbonyl (C=O) groups excluding carboxylic acids is 1. The lowest BCUT2D eigenvalue weighted by Crippen LogP contribution is -2.32. The normalized spacial score (nSPS) is 10.4. The largest absolute Gasteiger partial charge is 0.399 e. The summed E-state index contributed by atoms with van der Waals surface area (Å²) in [7, 11) is 0. The number of carbonyl (C=O) groups is 1. The van der Waals surface area contributed by atoms with Crippen molar-refractivity contribution in [2.45, 2.75) is 19.8 Å². The molecular weight excluding hydrogens is 328 g/mol. The van der Waals surface area contributed by atoms with Crippen molar-refractivity contribution in [2.24, 2.45) is 0 Å². The maximum absolute atomic E-state index is 12.9. The number of nitrogens with two attached hydrogens (primary N) is 1. The number of hydrogen-bond donors (Lipinski definition) is 1. The van der Waals surface area contributed by atoms with E-state index in [1.165, 1.54) is 0 Å². The van der Waals surface area contributed by atoms with Crippen LogP contribution in [0.15, 0.2) is 53.0 Å². The molecule has 0 fully saturated rings. The van der Waals surface area contributed by atoms with Crippen LogP contribution in [0.4, 0.5) is 11.4 Å². The molecule has 0 spiro atoms. The zero-order valence-corrected chi connectivity index (χ0v) is 13.6. The van der Waals surface area contributed by atoms with Gasteiger partial charge >= 0.3 is 0 Å². The summed E-state index contributed by atoms with van der Waals surface area (Å²) in [6.45, 7) is 2.81. The number of anilines is 2. The summed E-state index contributed by atoms with van der Waals surface area (Å²) >= 11 is 3.44. The molecular formula is C17H19BrN2O. The van der Waals surface area contributed by atoms with Crippen LogP contribution in [0.5, 0.6) is 0 Å². The van der Waals surface area contributed by atoms with Gasteiger partial charge in [0.1, 0.15) is 0 Å². The van der Waals surface area contributed by atoms with Gasteiger partial charge in [-0.25, -0.2) is 0 Å². The van der Waals surface area contributed by atoms with Crippen molar-refractivity contribution < 1.29 is 4.79 Å². The third kappa shape index (κ3) is 3.85. The summed E-state index contributed by atoms with van der Waals surface area (Å²) in [6, 6.07) is 15.0. The van der Waals surface area contributed by atoms with Gasteiger partial charge in [0.25, 0.3) is 5.91 Å². The zero-order chi connectivity index (χ0) is 15.2. The average molecular weight is 347 g/mol. The first-order chi connectivity index (χ1) is 10.1. The van der Waals surface area contributed by atoms with E-state index in [1.807, 2.05) is 41.3 Å². The molecule has 0 atom stereocenters. The van der Waals surface area contributed by atoms with Gasteiger partial charge in [-0.05, 0) is 52.7 Å². The molecule has 0 aliphatic carbocycles. The van der Waals surface area contributed by atoms with Crippen LogP contribution >= 0.6 is 15.9 Å². The Hall–Kier alpha value is -1.81. The first-order valence-electron chi connectivity index (χ1n) is 7.05. The predicted molar refractivity (Wildman–Crippen MR) is 91.6 cm³/mol. The monoisotopic (exact) mass is 346 g/mol. The van der Waals surface area contributed by atoms with Gasteiger partial charge in [-0.3, -0.25) is 4.79 Å². The van der Waals surface area contributed by atoms with Crippen molar-refractivity contribution in [1.29, 1.82) is 0 Å². The van der Waals surface area contributed by atoms with E-state index in [1.54, 1.807) is 12.1 Å². The highest BCUT2D eigenvalue weighted by Gasteiger charge is 2.19. The van der Waals surface area contributed by atoms with Gasteiger partial charge in [0.15, 0.2) is 0 Å². The molecule has 0 aliphatic heterocycles. The molecule has 0 radical (unpaired) electrons. The van der Waals surface area contributed by atoms with Gasteiger partial charge in [-0.15, -0.1) is 0 Å². The summed E-state index contributed by atoms with van der Waals surface area (Å²) in [6.07, 6.45) is 2.00. The molecule has 21 heavy (non-hydrogen) atoms. The third-order valence-corrected chi connectivity index (χ3v) is 3.96. The second-order valence-electron chi connectivity index (χ2n) is 4.89. The minimum atomic E-state index is -0.0335. The molecule has 0 saturated heterocycles. The number of para-hydroxylation sites is 1. The fourth-order valence-corrected chi connectivity index (χ4v) is 2.54. The Morgan fingerprint density at radius 2 is 1.90 bits per heavy atom. The second-order valence-corrected chi connectivity index (χ2v) is 5.74. The Balaban J connectivity index is 2.36. The fourth-order valence-electron chi connectivity index (χ4n) is 2.12.